The average Bonchev–Trinajstić information content (AvgIpc) is 2.69. The first-order valence-corrected chi connectivity index (χ1v) is 10.2. The topological polar surface area (TPSA) is 35.5 Å². The van der Waals surface area contributed by atoms with Gasteiger partial charge >= 0.3 is 5.97 Å². The highest BCUT2D eigenvalue weighted by Gasteiger charge is 2.16. The van der Waals surface area contributed by atoms with Crippen LogP contribution in [0.25, 0.3) is 0 Å². The average molecular weight is 381 g/mol. The summed E-state index contributed by atoms with van der Waals surface area (Å²) in [5.41, 5.74) is 2.04. The molecule has 0 unspecified atom stereocenters. The van der Waals surface area contributed by atoms with Crippen molar-refractivity contribution in [2.75, 3.05) is 13.7 Å². The minimum Gasteiger partial charge on any atom is -0.481 e. The Bertz CT molecular complexity index is 845. The molecule has 140 valence electrons. The third-order valence-corrected chi connectivity index (χ3v) is 6.70. The second kappa shape index (κ2) is 8.78. The number of hydrogen-bond acceptors (Lipinski definition) is 3. The summed E-state index contributed by atoms with van der Waals surface area (Å²) in [5, 5.41) is 0. The van der Waals surface area contributed by atoms with Gasteiger partial charge in [-0.1, -0.05) is 36.4 Å². The largest absolute Gasteiger partial charge is 0.481 e. The fourth-order valence-electron chi connectivity index (χ4n) is 3.08. The van der Waals surface area contributed by atoms with E-state index in [1.165, 1.54) is 21.8 Å². The van der Waals surface area contributed by atoms with Gasteiger partial charge in [-0.05, 0) is 76.1 Å². The molecule has 27 heavy (non-hydrogen) atoms. The molecule has 0 aliphatic rings. The number of aryl methyl sites for hydroxylation is 2. The molecule has 0 heterocycles. The van der Waals surface area contributed by atoms with E-state index in [9.17, 15) is 4.79 Å². The van der Waals surface area contributed by atoms with Crippen molar-refractivity contribution in [3.05, 3.63) is 83.9 Å². The minimum atomic E-state index is -0.663. The van der Waals surface area contributed by atoms with Crippen LogP contribution in [0.15, 0.2) is 87.5 Å². The van der Waals surface area contributed by atoms with Crippen LogP contribution in [0.3, 0.4) is 0 Å². The molecule has 0 atom stereocenters. The van der Waals surface area contributed by atoms with Crippen molar-refractivity contribution in [2.24, 2.45) is 0 Å². The number of rotatable bonds is 6. The second-order valence-electron chi connectivity index (χ2n) is 6.28. The molecule has 3 nitrogen and oxygen atoms in total. The van der Waals surface area contributed by atoms with Crippen molar-refractivity contribution >= 4 is 16.9 Å². The van der Waals surface area contributed by atoms with E-state index < -0.39 is 10.9 Å². The molecule has 0 saturated carbocycles. The molecule has 0 N–H and O–H groups in total. The quantitative estimate of drug-likeness (QED) is 0.463. The number of methoxy groups -OCH3 is 1. The predicted molar refractivity (Wildman–Crippen MR) is 110 cm³/mol. The van der Waals surface area contributed by atoms with E-state index in [2.05, 4.69) is 65.4 Å². The first kappa shape index (κ1) is 19.1. The van der Waals surface area contributed by atoms with Crippen LogP contribution in [-0.2, 0) is 9.53 Å². The van der Waals surface area contributed by atoms with Crippen LogP contribution >= 0.6 is 10.9 Å². The molecule has 4 heteroatoms. The molecular weight excluding hydrogens is 356 g/mol. The fraction of sp³-hybridized carbons (Fsp3) is 0.174. The summed E-state index contributed by atoms with van der Waals surface area (Å²) >= 11 is 0. The van der Waals surface area contributed by atoms with Gasteiger partial charge in [0.05, 0.1) is 7.11 Å². The zero-order chi connectivity index (χ0) is 19.2. The van der Waals surface area contributed by atoms with E-state index in [1.54, 1.807) is 0 Å². The Balaban J connectivity index is 2.02. The number of ether oxygens (including phenoxy) is 2. The number of hydrogen-bond donors (Lipinski definition) is 1. The first-order chi connectivity index (χ1) is 13.1. The summed E-state index contributed by atoms with van der Waals surface area (Å²) in [6, 6.07) is 25.5. The molecule has 0 fully saturated rings. The summed E-state index contributed by atoms with van der Waals surface area (Å²) in [6.07, 6.45) is 0. The molecule has 0 bridgehead atoms. The van der Waals surface area contributed by atoms with Crippen molar-refractivity contribution in [2.45, 2.75) is 28.5 Å². The van der Waals surface area contributed by atoms with Crippen molar-refractivity contribution in [3.63, 3.8) is 0 Å². The number of thiol groups is 1. The molecule has 3 rings (SSSR count). The molecule has 0 radical (unpaired) electrons. The number of esters is 1. The van der Waals surface area contributed by atoms with Gasteiger partial charge in [0.15, 0.2) is 6.61 Å². The van der Waals surface area contributed by atoms with Crippen molar-refractivity contribution < 1.29 is 14.3 Å². The maximum atomic E-state index is 11.4. The third-order valence-electron chi connectivity index (χ3n) is 4.29. The molecular formula is C23H24O3S. The van der Waals surface area contributed by atoms with Crippen LogP contribution in [0.4, 0.5) is 0 Å². The molecule has 3 aromatic carbocycles. The van der Waals surface area contributed by atoms with Crippen LogP contribution < -0.4 is 4.74 Å². The van der Waals surface area contributed by atoms with Gasteiger partial charge < -0.3 is 9.47 Å². The van der Waals surface area contributed by atoms with Gasteiger partial charge in [-0.2, -0.15) is 10.9 Å². The maximum absolute atomic E-state index is 11.4. The number of carbonyl (C=O) groups is 1. The van der Waals surface area contributed by atoms with E-state index in [0.717, 1.165) is 16.9 Å². The minimum absolute atomic E-state index is 0.0797. The fourth-order valence-corrected chi connectivity index (χ4v) is 5.56. The zero-order valence-corrected chi connectivity index (χ0v) is 16.7. The predicted octanol–water partition coefficient (Wildman–Crippen LogP) is 5.33. The van der Waals surface area contributed by atoms with E-state index in [1.807, 2.05) is 26.0 Å². The smallest absolute Gasteiger partial charge is 0.343 e. The Morgan fingerprint density at radius 2 is 1.30 bits per heavy atom. The van der Waals surface area contributed by atoms with Crippen LogP contribution in [0.2, 0.25) is 0 Å². The Labute approximate surface area is 163 Å². The zero-order valence-electron chi connectivity index (χ0n) is 15.8. The second-order valence-corrected chi connectivity index (χ2v) is 8.50. The first-order valence-electron chi connectivity index (χ1n) is 8.81. The lowest BCUT2D eigenvalue weighted by Crippen LogP contribution is -2.13. The van der Waals surface area contributed by atoms with Gasteiger partial charge in [0.2, 0.25) is 0 Å². The Morgan fingerprint density at radius 1 is 0.815 bits per heavy atom. The molecule has 0 aliphatic heterocycles. The van der Waals surface area contributed by atoms with Gasteiger partial charge in [0, 0.05) is 0 Å². The molecule has 3 aromatic rings. The summed E-state index contributed by atoms with van der Waals surface area (Å²) in [7, 11) is 0.700. The van der Waals surface area contributed by atoms with Crippen LogP contribution in [0.5, 0.6) is 5.75 Å². The lowest BCUT2D eigenvalue weighted by molar-refractivity contribution is -0.142. The highest BCUT2D eigenvalue weighted by atomic mass is 32.2. The Hall–Kier alpha value is -2.72. The molecule has 0 aromatic heterocycles. The molecule has 0 spiro atoms. The Morgan fingerprint density at radius 3 is 1.74 bits per heavy atom. The van der Waals surface area contributed by atoms with Gasteiger partial charge in [0.1, 0.15) is 5.75 Å². The Kier molecular flexibility index (Phi) is 6.20. The SMILES string of the molecule is COC(=O)COc1c(C)cc([SH](c2ccccc2)c2ccccc2)cc1C. The van der Waals surface area contributed by atoms with E-state index >= 15 is 0 Å². The van der Waals surface area contributed by atoms with Crippen molar-refractivity contribution in [3.8, 4) is 5.75 Å². The lowest BCUT2D eigenvalue weighted by atomic mass is 10.1. The molecule has 0 aliphatic carbocycles. The summed E-state index contributed by atoms with van der Waals surface area (Å²) in [5.74, 6) is 0.369. The van der Waals surface area contributed by atoms with E-state index in [0.29, 0.717) is 0 Å². The molecule has 0 amide bonds. The number of benzene rings is 3. The normalized spacial score (nSPS) is 11.0. The van der Waals surface area contributed by atoms with Crippen LogP contribution in [-0.4, -0.2) is 19.7 Å². The van der Waals surface area contributed by atoms with Gasteiger partial charge in [0.25, 0.3) is 0 Å². The van der Waals surface area contributed by atoms with Crippen molar-refractivity contribution in [1.29, 1.82) is 0 Å². The van der Waals surface area contributed by atoms with Gasteiger partial charge in [-0.3, -0.25) is 0 Å². The van der Waals surface area contributed by atoms with E-state index in [4.69, 9.17) is 4.74 Å². The van der Waals surface area contributed by atoms with E-state index in [-0.39, 0.29) is 12.6 Å². The summed E-state index contributed by atoms with van der Waals surface area (Å²) in [6.45, 7) is 3.96. The maximum Gasteiger partial charge on any atom is 0.343 e. The van der Waals surface area contributed by atoms with Crippen LogP contribution in [0, 0.1) is 13.8 Å². The highest BCUT2D eigenvalue weighted by Crippen LogP contribution is 2.52. The standard InChI is InChI=1S/C23H24O3S/c1-17-14-21(15-18(2)23(17)26-16-22(24)25-3)27(19-10-6-4-7-11-19)20-12-8-5-9-13-20/h4-15,27H,16H2,1-3H3. The van der Waals surface area contributed by atoms with Crippen LogP contribution in [0.1, 0.15) is 11.1 Å². The summed E-state index contributed by atoms with van der Waals surface area (Å²) < 4.78 is 10.4. The summed E-state index contributed by atoms with van der Waals surface area (Å²) in [4.78, 5) is 15.3. The third kappa shape index (κ3) is 4.52. The highest BCUT2D eigenvalue weighted by molar-refractivity contribution is 8.17. The molecule has 0 saturated heterocycles. The van der Waals surface area contributed by atoms with Crippen molar-refractivity contribution in [1.82, 2.24) is 0 Å². The van der Waals surface area contributed by atoms with Gasteiger partial charge in [-0.25, -0.2) is 4.79 Å². The number of carbonyl (C=O) groups excluding carboxylic acids is 1. The monoisotopic (exact) mass is 380 g/mol. The lowest BCUT2D eigenvalue weighted by Gasteiger charge is -2.25. The van der Waals surface area contributed by atoms with Gasteiger partial charge in [-0.15, -0.1) is 0 Å².